The Bertz CT molecular complexity index is 897. The number of rotatable bonds is 1. The number of carbonyl (C=O) groups excluding carboxylic acids is 1. The maximum atomic E-state index is 11.9. The predicted octanol–water partition coefficient (Wildman–Crippen LogP) is 8.74. The highest BCUT2D eigenvalue weighted by Crippen LogP contribution is 2.76. The zero-order valence-corrected chi connectivity index (χ0v) is 23.8. The smallest absolute Gasteiger partial charge is 0.302 e. The second-order valence-corrected chi connectivity index (χ2v) is 15.7. The average Bonchev–Trinajstić information content (AvgIpc) is 2.72. The second-order valence-electron chi connectivity index (χ2n) is 15.7. The van der Waals surface area contributed by atoms with Gasteiger partial charge in [0.05, 0.1) is 0 Å². The summed E-state index contributed by atoms with van der Waals surface area (Å²) in [4.78, 5) is 11.9. The van der Waals surface area contributed by atoms with Gasteiger partial charge in [0.25, 0.3) is 0 Å². The summed E-state index contributed by atoms with van der Waals surface area (Å²) in [6.45, 7) is 22.0. The minimum Gasteiger partial charge on any atom is -0.462 e. The van der Waals surface area contributed by atoms with E-state index >= 15 is 0 Å². The first kappa shape index (κ1) is 24.9. The van der Waals surface area contributed by atoms with Crippen molar-refractivity contribution in [1.82, 2.24) is 0 Å². The van der Waals surface area contributed by atoms with Gasteiger partial charge in [-0.05, 0) is 109 Å². The third-order valence-corrected chi connectivity index (χ3v) is 13.2. The van der Waals surface area contributed by atoms with Crippen LogP contribution in [0.15, 0.2) is 11.6 Å². The van der Waals surface area contributed by atoms with Crippen LogP contribution in [0.4, 0.5) is 0 Å². The van der Waals surface area contributed by atoms with Gasteiger partial charge in [-0.3, -0.25) is 4.79 Å². The summed E-state index contributed by atoms with van der Waals surface area (Å²) in [6.07, 6.45) is 16.0. The van der Waals surface area contributed by atoms with Crippen LogP contribution in [0.25, 0.3) is 0 Å². The molecular weight excluding hydrogens is 416 g/mol. The lowest BCUT2D eigenvalue weighted by atomic mass is 9.32. The molecule has 0 unspecified atom stereocenters. The molecule has 8 atom stereocenters. The Kier molecular flexibility index (Phi) is 5.40. The third kappa shape index (κ3) is 3.21. The highest BCUT2D eigenvalue weighted by Gasteiger charge is 2.69. The van der Waals surface area contributed by atoms with E-state index in [1.165, 1.54) is 57.8 Å². The van der Waals surface area contributed by atoms with E-state index in [-0.39, 0.29) is 17.5 Å². The van der Waals surface area contributed by atoms with E-state index in [1.807, 2.05) is 5.57 Å². The number of carbonyl (C=O) groups is 1. The van der Waals surface area contributed by atoms with Crippen LogP contribution in [0.5, 0.6) is 0 Å². The van der Waals surface area contributed by atoms with Crippen molar-refractivity contribution in [3.8, 4) is 0 Å². The molecule has 0 aromatic heterocycles. The second kappa shape index (κ2) is 7.38. The largest absolute Gasteiger partial charge is 0.462 e. The van der Waals surface area contributed by atoms with Gasteiger partial charge in [0.1, 0.15) is 6.10 Å². The van der Waals surface area contributed by atoms with Crippen molar-refractivity contribution in [2.45, 2.75) is 133 Å². The van der Waals surface area contributed by atoms with Crippen molar-refractivity contribution in [3.05, 3.63) is 11.6 Å². The number of fused-ring (bicyclic) bond motifs is 7. The molecule has 5 rings (SSSR count). The van der Waals surface area contributed by atoms with E-state index in [4.69, 9.17) is 4.74 Å². The van der Waals surface area contributed by atoms with Gasteiger partial charge in [-0.15, -0.1) is 0 Å². The lowest BCUT2D eigenvalue weighted by molar-refractivity contribution is -0.233. The summed E-state index contributed by atoms with van der Waals surface area (Å²) in [6, 6.07) is 0. The van der Waals surface area contributed by atoms with E-state index in [1.54, 1.807) is 6.92 Å². The van der Waals surface area contributed by atoms with E-state index in [0.29, 0.717) is 33.0 Å². The first-order valence-electron chi connectivity index (χ1n) is 14.5. The Labute approximate surface area is 210 Å². The highest BCUT2D eigenvalue weighted by atomic mass is 16.5. The van der Waals surface area contributed by atoms with Crippen LogP contribution in [0.1, 0.15) is 127 Å². The Hall–Kier alpha value is -0.790. The van der Waals surface area contributed by atoms with Crippen molar-refractivity contribution in [2.24, 2.45) is 50.2 Å². The van der Waals surface area contributed by atoms with Gasteiger partial charge in [-0.1, -0.05) is 67.0 Å². The van der Waals surface area contributed by atoms with Gasteiger partial charge in [-0.25, -0.2) is 0 Å². The van der Waals surface area contributed by atoms with Crippen molar-refractivity contribution in [3.63, 3.8) is 0 Å². The summed E-state index contributed by atoms with van der Waals surface area (Å²) in [5.41, 5.74) is 3.85. The average molecular weight is 469 g/mol. The Morgan fingerprint density at radius 1 is 0.765 bits per heavy atom. The van der Waals surface area contributed by atoms with Crippen LogP contribution in [0.3, 0.4) is 0 Å². The molecule has 0 aromatic carbocycles. The minimum atomic E-state index is -0.107. The number of allylic oxidation sites excluding steroid dienone is 2. The van der Waals surface area contributed by atoms with Gasteiger partial charge in [0.15, 0.2) is 0 Å². The molecular formula is C32H52O2. The number of hydrogen-bond acceptors (Lipinski definition) is 2. The normalized spacial score (nSPS) is 51.1. The Morgan fingerprint density at radius 2 is 1.44 bits per heavy atom. The predicted molar refractivity (Wildman–Crippen MR) is 140 cm³/mol. The summed E-state index contributed by atoms with van der Waals surface area (Å²) in [5.74, 6) is 2.07. The van der Waals surface area contributed by atoms with Crippen molar-refractivity contribution in [2.75, 3.05) is 0 Å². The van der Waals surface area contributed by atoms with E-state index in [2.05, 4.69) is 61.5 Å². The van der Waals surface area contributed by atoms with E-state index < -0.39 is 0 Å². The molecule has 4 saturated carbocycles. The van der Waals surface area contributed by atoms with Crippen molar-refractivity contribution in [1.29, 1.82) is 0 Å². The number of hydrogen-bond donors (Lipinski definition) is 0. The zero-order chi connectivity index (χ0) is 24.9. The van der Waals surface area contributed by atoms with Crippen molar-refractivity contribution >= 4 is 5.97 Å². The van der Waals surface area contributed by atoms with Crippen LogP contribution in [0, 0.1) is 50.2 Å². The maximum Gasteiger partial charge on any atom is 0.302 e. The molecule has 0 N–H and O–H groups in total. The molecule has 0 spiro atoms. The molecule has 4 fully saturated rings. The fourth-order valence-electron chi connectivity index (χ4n) is 11.0. The lowest BCUT2D eigenvalue weighted by Gasteiger charge is -2.72. The summed E-state index contributed by atoms with van der Waals surface area (Å²) in [7, 11) is 0. The maximum absolute atomic E-state index is 11.9. The minimum absolute atomic E-state index is 0.0544. The van der Waals surface area contributed by atoms with Crippen LogP contribution in [-0.4, -0.2) is 12.1 Å². The lowest BCUT2D eigenvalue weighted by Crippen LogP contribution is -2.66. The monoisotopic (exact) mass is 468 g/mol. The first-order valence-corrected chi connectivity index (χ1v) is 14.5. The van der Waals surface area contributed by atoms with Crippen LogP contribution < -0.4 is 0 Å². The van der Waals surface area contributed by atoms with Gasteiger partial charge in [0.2, 0.25) is 0 Å². The summed E-state index contributed by atoms with van der Waals surface area (Å²) in [5, 5.41) is 0. The van der Waals surface area contributed by atoms with Crippen LogP contribution in [-0.2, 0) is 9.53 Å². The molecule has 2 nitrogen and oxygen atoms in total. The molecule has 0 aliphatic heterocycles. The molecule has 0 heterocycles. The summed E-state index contributed by atoms with van der Waals surface area (Å²) >= 11 is 0. The first-order chi connectivity index (χ1) is 15.6. The molecule has 0 aromatic rings. The Balaban J connectivity index is 1.51. The summed E-state index contributed by atoms with van der Waals surface area (Å²) < 4.78 is 5.91. The molecule has 5 aliphatic rings. The van der Waals surface area contributed by atoms with E-state index in [0.717, 1.165) is 18.3 Å². The highest BCUT2D eigenvalue weighted by molar-refractivity contribution is 5.66. The molecule has 192 valence electrons. The quantitative estimate of drug-likeness (QED) is 0.284. The molecule has 0 radical (unpaired) electrons. The molecule has 34 heavy (non-hydrogen) atoms. The van der Waals surface area contributed by atoms with Gasteiger partial charge < -0.3 is 4.74 Å². The van der Waals surface area contributed by atoms with Crippen molar-refractivity contribution < 1.29 is 9.53 Å². The van der Waals surface area contributed by atoms with Gasteiger partial charge in [-0.2, -0.15) is 0 Å². The molecule has 0 bridgehead atoms. The fourth-order valence-corrected chi connectivity index (χ4v) is 11.0. The molecule has 5 aliphatic carbocycles. The van der Waals surface area contributed by atoms with E-state index in [9.17, 15) is 4.79 Å². The third-order valence-electron chi connectivity index (χ3n) is 13.2. The molecule has 0 saturated heterocycles. The zero-order valence-electron chi connectivity index (χ0n) is 23.8. The van der Waals surface area contributed by atoms with Crippen LogP contribution >= 0.6 is 0 Å². The topological polar surface area (TPSA) is 26.3 Å². The number of ether oxygens (including phenoxy) is 1. The van der Waals surface area contributed by atoms with Crippen LogP contribution in [0.2, 0.25) is 0 Å². The fraction of sp³-hybridized carbons (Fsp3) is 0.906. The molecule has 0 amide bonds. The number of esters is 1. The SMILES string of the molecule is CC(=O)O[C@@H]1CC[C@]2(C)[C@H](CC[C@]3(C)[C@H]2CC[C@@H]2C4=CC(C)(C)CC[C@]4(C)CC[C@@]23C)C1(C)C. The standard InChI is InChI=1S/C32H52O2/c1-21(33)34-26-13-14-30(7)24(28(26,4)5)12-15-32(9)25(30)11-10-22-23-20-27(2,3)16-17-29(23,6)18-19-31(22,32)8/h20,22,24-26H,10-19H2,1-9H3/t22-,24-,25+,26-,29-,30-,31+,32-/m1/s1. The van der Waals surface area contributed by atoms with Gasteiger partial charge >= 0.3 is 5.97 Å². The molecule has 2 heteroatoms. The van der Waals surface area contributed by atoms with Gasteiger partial charge in [0, 0.05) is 12.3 Å². The Morgan fingerprint density at radius 3 is 2.12 bits per heavy atom.